The Kier molecular flexibility index (Phi) is 5.66. The van der Waals surface area contributed by atoms with Crippen LogP contribution in [0.1, 0.15) is 6.92 Å². The molecular formula is C10H13ClFN3O4S. The van der Waals surface area contributed by atoms with E-state index in [4.69, 9.17) is 11.6 Å². The number of nitro benzene ring substituents is 1. The minimum atomic E-state index is -3.44. The molecule has 1 rings (SSSR count). The third-order valence-electron chi connectivity index (χ3n) is 2.29. The van der Waals surface area contributed by atoms with E-state index < -0.39 is 26.5 Å². The Labute approximate surface area is 120 Å². The fourth-order valence-corrected chi connectivity index (χ4v) is 2.56. The van der Waals surface area contributed by atoms with E-state index in [2.05, 4.69) is 10.0 Å². The lowest BCUT2D eigenvalue weighted by molar-refractivity contribution is -0.384. The molecule has 20 heavy (non-hydrogen) atoms. The fraction of sp³-hybridized carbons (Fsp3) is 0.400. The molecule has 1 aromatic rings. The summed E-state index contributed by atoms with van der Waals surface area (Å²) >= 11 is 5.54. The van der Waals surface area contributed by atoms with Crippen LogP contribution in [0.4, 0.5) is 15.8 Å². The van der Waals surface area contributed by atoms with Crippen LogP contribution < -0.4 is 10.0 Å². The van der Waals surface area contributed by atoms with Gasteiger partial charge in [0.25, 0.3) is 5.69 Å². The lowest BCUT2D eigenvalue weighted by Gasteiger charge is -2.09. The Morgan fingerprint density at radius 1 is 1.45 bits per heavy atom. The van der Waals surface area contributed by atoms with E-state index >= 15 is 0 Å². The molecule has 0 aliphatic rings. The Bertz CT molecular complexity index is 609. The summed E-state index contributed by atoms with van der Waals surface area (Å²) in [7, 11) is -3.44. The Hall–Kier alpha value is -1.45. The minimum absolute atomic E-state index is 0.0342. The molecule has 0 aliphatic heterocycles. The molecule has 0 saturated heterocycles. The highest BCUT2D eigenvalue weighted by atomic mass is 35.5. The van der Waals surface area contributed by atoms with Crippen molar-refractivity contribution < 1.29 is 17.7 Å². The van der Waals surface area contributed by atoms with Crippen LogP contribution in [0, 0.1) is 15.9 Å². The first-order valence-electron chi connectivity index (χ1n) is 5.61. The predicted octanol–water partition coefficient (Wildman–Crippen LogP) is 1.74. The van der Waals surface area contributed by atoms with Crippen LogP contribution >= 0.6 is 11.6 Å². The van der Waals surface area contributed by atoms with Crippen molar-refractivity contribution in [3.8, 4) is 0 Å². The molecule has 0 atom stereocenters. The highest BCUT2D eigenvalue weighted by molar-refractivity contribution is 7.89. The SMILES string of the molecule is CCNS(=O)(=O)CCNc1cc(Cl)c(F)cc1[N+](=O)[O-]. The van der Waals surface area contributed by atoms with E-state index in [0.29, 0.717) is 6.07 Å². The van der Waals surface area contributed by atoms with Crippen molar-refractivity contribution in [2.75, 3.05) is 24.2 Å². The van der Waals surface area contributed by atoms with Crippen molar-refractivity contribution in [1.82, 2.24) is 4.72 Å². The molecule has 0 fully saturated rings. The monoisotopic (exact) mass is 325 g/mol. The molecule has 0 aromatic heterocycles. The van der Waals surface area contributed by atoms with Crippen LogP contribution in [0.2, 0.25) is 5.02 Å². The zero-order chi connectivity index (χ0) is 15.3. The molecule has 10 heteroatoms. The van der Waals surface area contributed by atoms with Gasteiger partial charge >= 0.3 is 0 Å². The second-order valence-electron chi connectivity index (χ2n) is 3.78. The summed E-state index contributed by atoms with van der Waals surface area (Å²) in [6, 6.07) is 1.73. The maximum absolute atomic E-state index is 13.2. The zero-order valence-electron chi connectivity index (χ0n) is 10.5. The quantitative estimate of drug-likeness (QED) is 0.587. The van der Waals surface area contributed by atoms with Gasteiger partial charge in [0.05, 0.1) is 21.8 Å². The summed E-state index contributed by atoms with van der Waals surface area (Å²) < 4.78 is 38.2. The number of nitro groups is 1. The molecule has 112 valence electrons. The standard InChI is InChI=1S/C10H13ClFN3O4S/c1-2-14-20(18,19)4-3-13-9-5-7(11)8(12)6-10(9)15(16)17/h5-6,13-14H,2-4H2,1H3. The topological polar surface area (TPSA) is 101 Å². The molecule has 0 heterocycles. The molecule has 0 unspecified atom stereocenters. The number of nitrogens with zero attached hydrogens (tertiary/aromatic N) is 1. The first-order chi connectivity index (χ1) is 9.26. The molecule has 0 bridgehead atoms. The van der Waals surface area contributed by atoms with E-state index in [1.807, 2.05) is 0 Å². The van der Waals surface area contributed by atoms with Gasteiger partial charge in [0.1, 0.15) is 11.5 Å². The molecule has 7 nitrogen and oxygen atoms in total. The van der Waals surface area contributed by atoms with E-state index in [0.717, 1.165) is 6.07 Å². The molecule has 0 spiro atoms. The van der Waals surface area contributed by atoms with Gasteiger partial charge in [0, 0.05) is 13.1 Å². The number of hydrogen-bond acceptors (Lipinski definition) is 5. The van der Waals surface area contributed by atoms with Gasteiger partial charge in [-0.3, -0.25) is 10.1 Å². The number of sulfonamides is 1. The van der Waals surface area contributed by atoms with Gasteiger partial charge in [0.15, 0.2) is 0 Å². The zero-order valence-corrected chi connectivity index (χ0v) is 12.1. The largest absolute Gasteiger partial charge is 0.378 e. The molecule has 0 saturated carbocycles. The fourth-order valence-electron chi connectivity index (χ4n) is 1.44. The van der Waals surface area contributed by atoms with Crippen LogP contribution in [0.15, 0.2) is 12.1 Å². The van der Waals surface area contributed by atoms with Crippen molar-refractivity contribution in [2.45, 2.75) is 6.92 Å². The van der Waals surface area contributed by atoms with Gasteiger partial charge in [-0.25, -0.2) is 17.5 Å². The van der Waals surface area contributed by atoms with E-state index in [1.165, 1.54) is 0 Å². The van der Waals surface area contributed by atoms with Crippen molar-refractivity contribution in [3.63, 3.8) is 0 Å². The second kappa shape index (κ2) is 6.82. The second-order valence-corrected chi connectivity index (χ2v) is 6.12. The van der Waals surface area contributed by atoms with Gasteiger partial charge in [-0.05, 0) is 6.07 Å². The minimum Gasteiger partial charge on any atom is -0.378 e. The molecule has 2 N–H and O–H groups in total. The van der Waals surface area contributed by atoms with Crippen LogP contribution in [0.5, 0.6) is 0 Å². The summed E-state index contributed by atoms with van der Waals surface area (Å²) in [5, 5.41) is 13.1. The number of halogens is 2. The highest BCUT2D eigenvalue weighted by Gasteiger charge is 2.18. The van der Waals surface area contributed by atoms with Crippen LogP contribution in [-0.4, -0.2) is 32.2 Å². The highest BCUT2D eigenvalue weighted by Crippen LogP contribution is 2.30. The Morgan fingerprint density at radius 2 is 2.10 bits per heavy atom. The van der Waals surface area contributed by atoms with Gasteiger partial charge in [-0.15, -0.1) is 0 Å². The predicted molar refractivity (Wildman–Crippen MR) is 74.0 cm³/mol. The van der Waals surface area contributed by atoms with Crippen molar-refractivity contribution >= 4 is 33.0 Å². The van der Waals surface area contributed by atoms with Crippen molar-refractivity contribution in [1.29, 1.82) is 0 Å². The van der Waals surface area contributed by atoms with Crippen molar-refractivity contribution in [2.24, 2.45) is 0 Å². The lowest BCUT2D eigenvalue weighted by atomic mass is 10.2. The summed E-state index contributed by atoms with van der Waals surface area (Å²) in [6.45, 7) is 1.82. The Balaban J connectivity index is 2.83. The van der Waals surface area contributed by atoms with Gasteiger partial charge in [0.2, 0.25) is 10.0 Å². The summed E-state index contributed by atoms with van der Waals surface area (Å²) in [5.41, 5.74) is -0.541. The molecular weight excluding hydrogens is 313 g/mol. The first kappa shape index (κ1) is 16.6. The van der Waals surface area contributed by atoms with E-state index in [1.54, 1.807) is 6.92 Å². The summed E-state index contributed by atoms with van der Waals surface area (Å²) in [6.07, 6.45) is 0. The van der Waals surface area contributed by atoms with Gasteiger partial charge in [-0.2, -0.15) is 0 Å². The average molecular weight is 326 g/mol. The van der Waals surface area contributed by atoms with Gasteiger partial charge < -0.3 is 5.32 Å². The summed E-state index contributed by atoms with van der Waals surface area (Å²) in [5.74, 6) is -1.18. The first-order valence-corrected chi connectivity index (χ1v) is 7.64. The Morgan fingerprint density at radius 3 is 2.65 bits per heavy atom. The average Bonchev–Trinajstić information content (AvgIpc) is 2.32. The molecule has 1 aromatic carbocycles. The lowest BCUT2D eigenvalue weighted by Crippen LogP contribution is -2.29. The molecule has 0 radical (unpaired) electrons. The van der Waals surface area contributed by atoms with Crippen LogP contribution in [0.3, 0.4) is 0 Å². The number of nitrogens with one attached hydrogen (secondary N) is 2. The smallest absolute Gasteiger partial charge is 0.295 e. The molecule has 0 aliphatic carbocycles. The normalized spacial score (nSPS) is 11.3. The van der Waals surface area contributed by atoms with Crippen LogP contribution in [0.25, 0.3) is 0 Å². The third kappa shape index (κ3) is 4.58. The number of benzene rings is 1. The van der Waals surface area contributed by atoms with Crippen molar-refractivity contribution in [3.05, 3.63) is 33.1 Å². The number of rotatable bonds is 7. The summed E-state index contributed by atoms with van der Waals surface area (Å²) in [4.78, 5) is 10.00. The van der Waals surface area contributed by atoms with E-state index in [9.17, 15) is 22.9 Å². The van der Waals surface area contributed by atoms with E-state index in [-0.39, 0.29) is 29.6 Å². The van der Waals surface area contributed by atoms with Gasteiger partial charge in [-0.1, -0.05) is 18.5 Å². The third-order valence-corrected chi connectivity index (χ3v) is 4.05. The maximum Gasteiger partial charge on any atom is 0.295 e. The van der Waals surface area contributed by atoms with Crippen LogP contribution in [-0.2, 0) is 10.0 Å². The molecule has 0 amide bonds. The maximum atomic E-state index is 13.2. The number of hydrogen-bond donors (Lipinski definition) is 2. The number of anilines is 1.